The number of rotatable bonds is 10. The lowest BCUT2D eigenvalue weighted by atomic mass is 10.2. The van der Waals surface area contributed by atoms with Gasteiger partial charge in [0.1, 0.15) is 11.5 Å². The molecular formula is C22H26N2O8. The van der Waals surface area contributed by atoms with Crippen LogP contribution in [0.1, 0.15) is 20.7 Å². The standard InChI is InChI=1S/C22H26N2O8/c25-11-9-23-19(27)15-1-5-17(6-2-15)31-21-22(30-14-13-29-21)32-18-7-3-16(4-8-18)20(28)24-10-12-26/h1-8,21-22,25-26H,9-14H2,(H,23,27)(H,24,28)/t21-,22-/m0/s1. The summed E-state index contributed by atoms with van der Waals surface area (Å²) in [5.41, 5.74) is 0.866. The van der Waals surface area contributed by atoms with E-state index in [0.29, 0.717) is 35.8 Å². The molecule has 172 valence electrons. The maximum atomic E-state index is 11.9. The predicted molar refractivity (Wildman–Crippen MR) is 112 cm³/mol. The van der Waals surface area contributed by atoms with Gasteiger partial charge >= 0.3 is 0 Å². The van der Waals surface area contributed by atoms with E-state index in [9.17, 15) is 9.59 Å². The van der Waals surface area contributed by atoms with E-state index in [1.165, 1.54) is 0 Å². The smallest absolute Gasteiger partial charge is 0.263 e. The first-order valence-corrected chi connectivity index (χ1v) is 10.2. The lowest BCUT2D eigenvalue weighted by Crippen LogP contribution is -2.45. The molecule has 1 fully saturated rings. The molecule has 0 bridgehead atoms. The Morgan fingerprint density at radius 3 is 1.47 bits per heavy atom. The Morgan fingerprint density at radius 2 is 1.12 bits per heavy atom. The second kappa shape index (κ2) is 12.0. The number of nitrogens with one attached hydrogen (secondary N) is 2. The molecule has 1 aliphatic heterocycles. The highest BCUT2D eigenvalue weighted by Crippen LogP contribution is 2.22. The van der Waals surface area contributed by atoms with Crippen LogP contribution in [0.3, 0.4) is 0 Å². The van der Waals surface area contributed by atoms with E-state index in [2.05, 4.69) is 10.6 Å². The Balaban J connectivity index is 1.59. The van der Waals surface area contributed by atoms with Crippen molar-refractivity contribution >= 4 is 11.8 Å². The number of benzene rings is 2. The Kier molecular flexibility index (Phi) is 8.81. The summed E-state index contributed by atoms with van der Waals surface area (Å²) in [7, 11) is 0. The normalized spacial score (nSPS) is 17.9. The molecule has 2 atom stereocenters. The molecule has 0 radical (unpaired) electrons. The summed E-state index contributed by atoms with van der Waals surface area (Å²) in [4.78, 5) is 23.8. The molecule has 2 aromatic carbocycles. The van der Waals surface area contributed by atoms with Gasteiger partial charge in [-0.15, -0.1) is 0 Å². The van der Waals surface area contributed by atoms with Crippen molar-refractivity contribution in [3.05, 3.63) is 59.7 Å². The van der Waals surface area contributed by atoms with E-state index in [0.717, 1.165) is 0 Å². The zero-order valence-corrected chi connectivity index (χ0v) is 17.4. The third-order valence-electron chi connectivity index (χ3n) is 4.40. The number of aliphatic hydroxyl groups is 2. The topological polar surface area (TPSA) is 136 Å². The first-order valence-electron chi connectivity index (χ1n) is 10.2. The Labute approximate surface area is 185 Å². The third kappa shape index (κ3) is 6.66. The summed E-state index contributed by atoms with van der Waals surface area (Å²) < 4.78 is 22.9. The number of hydrogen-bond donors (Lipinski definition) is 4. The maximum Gasteiger partial charge on any atom is 0.263 e. The van der Waals surface area contributed by atoms with Crippen molar-refractivity contribution in [2.24, 2.45) is 0 Å². The highest BCUT2D eigenvalue weighted by molar-refractivity contribution is 5.94. The zero-order valence-electron chi connectivity index (χ0n) is 17.4. The quantitative estimate of drug-likeness (QED) is 0.409. The average Bonchev–Trinajstić information content (AvgIpc) is 2.83. The first-order chi connectivity index (χ1) is 15.6. The molecule has 32 heavy (non-hydrogen) atoms. The lowest BCUT2D eigenvalue weighted by molar-refractivity contribution is -0.271. The molecule has 10 heteroatoms. The number of amides is 2. The van der Waals surface area contributed by atoms with Crippen LogP contribution in [0.25, 0.3) is 0 Å². The van der Waals surface area contributed by atoms with Crippen LogP contribution in [-0.2, 0) is 9.47 Å². The highest BCUT2D eigenvalue weighted by Gasteiger charge is 2.31. The van der Waals surface area contributed by atoms with Crippen LogP contribution in [-0.4, -0.2) is 74.1 Å². The van der Waals surface area contributed by atoms with Crippen molar-refractivity contribution in [1.29, 1.82) is 0 Å². The van der Waals surface area contributed by atoms with Crippen LogP contribution in [0.2, 0.25) is 0 Å². The molecule has 1 saturated heterocycles. The molecular weight excluding hydrogens is 420 g/mol. The monoisotopic (exact) mass is 446 g/mol. The van der Waals surface area contributed by atoms with Gasteiger partial charge in [0, 0.05) is 24.2 Å². The van der Waals surface area contributed by atoms with Gasteiger partial charge in [0.25, 0.3) is 24.4 Å². The number of ether oxygens (including phenoxy) is 4. The Hall–Kier alpha value is -3.18. The lowest BCUT2D eigenvalue weighted by Gasteiger charge is -2.31. The number of carbonyl (C=O) groups is 2. The van der Waals surface area contributed by atoms with Gasteiger partial charge < -0.3 is 39.8 Å². The molecule has 1 aliphatic rings. The molecule has 4 N–H and O–H groups in total. The van der Waals surface area contributed by atoms with E-state index in [1.54, 1.807) is 48.5 Å². The Morgan fingerprint density at radius 1 is 0.750 bits per heavy atom. The molecule has 2 amide bonds. The van der Waals surface area contributed by atoms with Crippen molar-refractivity contribution in [3.63, 3.8) is 0 Å². The van der Waals surface area contributed by atoms with E-state index in [1.807, 2.05) is 0 Å². The van der Waals surface area contributed by atoms with Crippen molar-refractivity contribution < 1.29 is 38.7 Å². The molecule has 2 aromatic rings. The number of aliphatic hydroxyl groups excluding tert-OH is 2. The summed E-state index contributed by atoms with van der Waals surface area (Å²) >= 11 is 0. The second-order valence-corrected chi connectivity index (χ2v) is 6.72. The number of carbonyl (C=O) groups excluding carboxylic acids is 2. The first kappa shape index (κ1) is 23.5. The zero-order chi connectivity index (χ0) is 22.8. The Bertz CT molecular complexity index is 799. The molecule has 0 aliphatic carbocycles. The van der Waals surface area contributed by atoms with Crippen molar-refractivity contribution in [2.75, 3.05) is 39.5 Å². The van der Waals surface area contributed by atoms with Crippen molar-refractivity contribution in [1.82, 2.24) is 10.6 Å². The van der Waals surface area contributed by atoms with Crippen LogP contribution in [0.4, 0.5) is 0 Å². The molecule has 1 heterocycles. The summed E-state index contributed by atoms with van der Waals surface area (Å²) in [5, 5.41) is 22.7. The summed E-state index contributed by atoms with van der Waals surface area (Å²) in [6.45, 7) is 0.752. The predicted octanol–water partition coefficient (Wildman–Crippen LogP) is 0.288. The van der Waals surface area contributed by atoms with Gasteiger partial charge in [-0.3, -0.25) is 9.59 Å². The van der Waals surface area contributed by atoms with E-state index >= 15 is 0 Å². The van der Waals surface area contributed by atoms with Crippen LogP contribution >= 0.6 is 0 Å². The fourth-order valence-electron chi connectivity index (χ4n) is 2.85. The SMILES string of the molecule is O=C(NCCO)c1ccc(O[C@@H]2OCCO[C@H]2Oc2ccc(C(=O)NCCO)cc2)cc1. The number of hydrogen-bond acceptors (Lipinski definition) is 8. The minimum absolute atomic E-state index is 0.132. The minimum Gasteiger partial charge on any atom is -0.458 e. The van der Waals surface area contributed by atoms with Crippen LogP contribution in [0.15, 0.2) is 48.5 Å². The molecule has 3 rings (SSSR count). The van der Waals surface area contributed by atoms with E-state index < -0.39 is 12.6 Å². The fourth-order valence-corrected chi connectivity index (χ4v) is 2.85. The average molecular weight is 446 g/mol. The molecule has 0 spiro atoms. The summed E-state index contributed by atoms with van der Waals surface area (Å²) in [6.07, 6.45) is -1.68. The van der Waals surface area contributed by atoms with Gasteiger partial charge in [0.15, 0.2) is 0 Å². The van der Waals surface area contributed by atoms with Crippen molar-refractivity contribution in [2.45, 2.75) is 12.6 Å². The molecule has 0 aromatic heterocycles. The van der Waals surface area contributed by atoms with Gasteiger partial charge in [-0.25, -0.2) is 0 Å². The second-order valence-electron chi connectivity index (χ2n) is 6.72. The minimum atomic E-state index is -0.842. The van der Waals surface area contributed by atoms with Crippen LogP contribution in [0, 0.1) is 0 Å². The maximum absolute atomic E-state index is 11.9. The van der Waals surface area contributed by atoms with Gasteiger partial charge in [0.2, 0.25) is 0 Å². The van der Waals surface area contributed by atoms with Crippen LogP contribution < -0.4 is 20.1 Å². The summed E-state index contributed by atoms with van der Waals surface area (Å²) in [6, 6.07) is 12.9. The largest absolute Gasteiger partial charge is 0.458 e. The van der Waals surface area contributed by atoms with Crippen molar-refractivity contribution in [3.8, 4) is 11.5 Å². The molecule has 10 nitrogen and oxygen atoms in total. The highest BCUT2D eigenvalue weighted by atomic mass is 16.8. The van der Waals surface area contributed by atoms with Gasteiger partial charge in [-0.1, -0.05) is 0 Å². The fraction of sp³-hybridized carbons (Fsp3) is 0.364. The van der Waals surface area contributed by atoms with E-state index in [4.69, 9.17) is 29.2 Å². The van der Waals surface area contributed by atoms with Gasteiger partial charge in [0.05, 0.1) is 26.4 Å². The molecule has 0 unspecified atom stereocenters. The van der Waals surface area contributed by atoms with Gasteiger partial charge in [-0.05, 0) is 48.5 Å². The summed E-state index contributed by atoms with van der Waals surface area (Å²) in [5.74, 6) is 0.336. The van der Waals surface area contributed by atoms with Gasteiger partial charge in [-0.2, -0.15) is 0 Å². The van der Waals surface area contributed by atoms with Crippen LogP contribution in [0.5, 0.6) is 11.5 Å². The third-order valence-corrected chi connectivity index (χ3v) is 4.40. The molecule has 0 saturated carbocycles. The van der Waals surface area contributed by atoms with E-state index in [-0.39, 0.29) is 38.1 Å².